The summed E-state index contributed by atoms with van der Waals surface area (Å²) in [7, 11) is 0. The zero-order valence-corrected chi connectivity index (χ0v) is 7.69. The fraction of sp³-hybridized carbons (Fsp3) is 0. The van der Waals surface area contributed by atoms with Crippen molar-refractivity contribution in [3.8, 4) is 11.5 Å². The first-order chi connectivity index (χ1) is 4.75. The molecule has 0 aliphatic rings. The summed E-state index contributed by atoms with van der Waals surface area (Å²) < 4.78 is 0. The van der Waals surface area contributed by atoms with Crippen molar-refractivity contribution < 1.29 is 9.94 Å². The second-order valence-electron chi connectivity index (χ2n) is 1.81. The van der Waals surface area contributed by atoms with Crippen molar-refractivity contribution in [1.82, 2.24) is 0 Å². The van der Waals surface area contributed by atoms with Crippen molar-refractivity contribution in [2.75, 3.05) is 5.73 Å². The third kappa shape index (κ3) is 2.65. The molecule has 6 heteroatoms. The molecule has 1 aromatic carbocycles. The Hall–Kier alpha value is -0.840. The summed E-state index contributed by atoms with van der Waals surface area (Å²) in [5.74, 6) is 5.08. The Morgan fingerprint density at radius 3 is 2.25 bits per heavy atom. The minimum absolute atomic E-state index is 0. The van der Waals surface area contributed by atoms with Crippen molar-refractivity contribution in [3.05, 3.63) is 18.2 Å². The SMILES string of the molecule is Cl.Cl.NOc1cccc(O)c1N. The summed E-state index contributed by atoms with van der Waals surface area (Å²) in [5, 5.41) is 8.97. The average Bonchev–Trinajstić information content (AvgIpc) is 1.95. The first-order valence-electron chi connectivity index (χ1n) is 2.70. The topological polar surface area (TPSA) is 81.5 Å². The van der Waals surface area contributed by atoms with E-state index in [1.807, 2.05) is 0 Å². The maximum Gasteiger partial charge on any atom is 0.173 e. The van der Waals surface area contributed by atoms with Gasteiger partial charge in [0.1, 0.15) is 11.4 Å². The molecule has 0 aliphatic carbocycles. The number of hydrogen-bond acceptors (Lipinski definition) is 4. The van der Waals surface area contributed by atoms with Crippen LogP contribution in [0.2, 0.25) is 0 Å². The highest BCUT2D eigenvalue weighted by atomic mass is 35.5. The smallest absolute Gasteiger partial charge is 0.173 e. The molecule has 0 bridgehead atoms. The molecule has 0 radical (unpaired) electrons. The van der Waals surface area contributed by atoms with Crippen LogP contribution in [0.5, 0.6) is 11.5 Å². The molecule has 0 spiro atoms. The number of para-hydroxylation sites is 1. The van der Waals surface area contributed by atoms with Crippen LogP contribution in [-0.4, -0.2) is 5.11 Å². The summed E-state index contributed by atoms with van der Waals surface area (Å²) in [5.41, 5.74) is 5.50. The van der Waals surface area contributed by atoms with Crippen molar-refractivity contribution in [3.63, 3.8) is 0 Å². The highest BCUT2D eigenvalue weighted by Gasteiger charge is 2.01. The van der Waals surface area contributed by atoms with Crippen molar-refractivity contribution in [2.45, 2.75) is 0 Å². The number of phenols is 1. The molecule has 0 aromatic heterocycles. The van der Waals surface area contributed by atoms with E-state index in [1.165, 1.54) is 6.07 Å². The highest BCUT2D eigenvalue weighted by molar-refractivity contribution is 5.85. The molecule has 0 aliphatic heterocycles. The molecule has 1 rings (SSSR count). The van der Waals surface area contributed by atoms with Crippen molar-refractivity contribution >= 4 is 30.5 Å². The third-order valence-electron chi connectivity index (χ3n) is 1.17. The number of nitrogens with two attached hydrogens (primary N) is 2. The number of phenolic OH excluding ortho intramolecular Hbond substituents is 1. The Morgan fingerprint density at radius 2 is 1.83 bits per heavy atom. The number of anilines is 1. The van der Waals surface area contributed by atoms with Gasteiger partial charge in [-0.25, -0.2) is 0 Å². The number of rotatable bonds is 1. The van der Waals surface area contributed by atoms with E-state index in [0.717, 1.165) is 0 Å². The van der Waals surface area contributed by atoms with Crippen LogP contribution in [-0.2, 0) is 0 Å². The first kappa shape index (κ1) is 13.7. The fourth-order valence-corrected chi connectivity index (χ4v) is 0.635. The Bertz CT molecular complexity index is 245. The van der Waals surface area contributed by atoms with Crippen LogP contribution in [0.3, 0.4) is 0 Å². The van der Waals surface area contributed by atoms with Crippen LogP contribution >= 0.6 is 24.8 Å². The number of hydrogen-bond donors (Lipinski definition) is 3. The first-order valence-corrected chi connectivity index (χ1v) is 2.70. The molecule has 5 N–H and O–H groups in total. The van der Waals surface area contributed by atoms with Gasteiger partial charge in [0.2, 0.25) is 0 Å². The Balaban J connectivity index is 0. The van der Waals surface area contributed by atoms with Gasteiger partial charge >= 0.3 is 0 Å². The number of halogens is 2. The lowest BCUT2D eigenvalue weighted by atomic mass is 10.3. The molecule has 12 heavy (non-hydrogen) atoms. The number of aromatic hydroxyl groups is 1. The minimum Gasteiger partial charge on any atom is -0.506 e. The van der Waals surface area contributed by atoms with E-state index in [9.17, 15) is 0 Å². The van der Waals surface area contributed by atoms with E-state index in [0.29, 0.717) is 0 Å². The quantitative estimate of drug-likeness (QED) is 0.370. The van der Waals surface area contributed by atoms with Crippen LogP contribution in [0.15, 0.2) is 18.2 Å². The molecule has 0 unspecified atom stereocenters. The Morgan fingerprint density at radius 1 is 1.25 bits per heavy atom. The summed E-state index contributed by atoms with van der Waals surface area (Å²) >= 11 is 0. The summed E-state index contributed by atoms with van der Waals surface area (Å²) in [6.07, 6.45) is 0. The maximum absolute atomic E-state index is 8.97. The third-order valence-corrected chi connectivity index (χ3v) is 1.17. The van der Waals surface area contributed by atoms with E-state index in [4.69, 9.17) is 16.7 Å². The Labute approximate surface area is 82.3 Å². The maximum atomic E-state index is 8.97. The number of benzene rings is 1. The summed E-state index contributed by atoms with van der Waals surface area (Å²) in [6, 6.07) is 4.61. The minimum atomic E-state index is -0.0250. The van der Waals surface area contributed by atoms with Gasteiger partial charge in [0, 0.05) is 0 Å². The molecule has 4 nitrogen and oxygen atoms in total. The van der Waals surface area contributed by atoms with Gasteiger partial charge in [0.25, 0.3) is 0 Å². The second kappa shape index (κ2) is 5.77. The van der Waals surface area contributed by atoms with E-state index < -0.39 is 0 Å². The van der Waals surface area contributed by atoms with Crippen molar-refractivity contribution in [1.29, 1.82) is 0 Å². The van der Waals surface area contributed by atoms with Gasteiger partial charge in [-0.2, -0.15) is 5.90 Å². The van der Waals surface area contributed by atoms with Crippen LogP contribution in [0.4, 0.5) is 5.69 Å². The van der Waals surface area contributed by atoms with Crippen LogP contribution < -0.4 is 16.5 Å². The van der Waals surface area contributed by atoms with E-state index in [2.05, 4.69) is 4.84 Å². The number of nitrogen functional groups attached to an aromatic ring is 1. The molecule has 1 aromatic rings. The van der Waals surface area contributed by atoms with Gasteiger partial charge in [0.05, 0.1) is 0 Å². The highest BCUT2D eigenvalue weighted by Crippen LogP contribution is 2.28. The molecule has 0 saturated heterocycles. The summed E-state index contributed by atoms with van der Waals surface area (Å²) in [6.45, 7) is 0. The average molecular weight is 213 g/mol. The predicted octanol–water partition coefficient (Wildman–Crippen LogP) is 1.07. The largest absolute Gasteiger partial charge is 0.506 e. The van der Waals surface area contributed by atoms with Gasteiger partial charge in [-0.1, -0.05) is 6.07 Å². The molecule has 0 amide bonds. The lowest BCUT2D eigenvalue weighted by Gasteiger charge is -2.02. The molecular weight excluding hydrogens is 203 g/mol. The molecule has 0 saturated carbocycles. The van der Waals surface area contributed by atoms with E-state index >= 15 is 0 Å². The molecule has 70 valence electrons. The lowest BCUT2D eigenvalue weighted by Crippen LogP contribution is -2.04. The van der Waals surface area contributed by atoms with Crippen LogP contribution in [0.25, 0.3) is 0 Å². The van der Waals surface area contributed by atoms with Gasteiger partial charge in [-0.05, 0) is 12.1 Å². The van der Waals surface area contributed by atoms with Gasteiger partial charge in [0.15, 0.2) is 5.75 Å². The molecular formula is C6H10Cl2N2O2. The zero-order valence-electron chi connectivity index (χ0n) is 6.06. The lowest BCUT2D eigenvalue weighted by molar-refractivity contribution is 0.334. The second-order valence-corrected chi connectivity index (χ2v) is 1.81. The zero-order chi connectivity index (χ0) is 7.56. The molecule has 0 atom stereocenters. The van der Waals surface area contributed by atoms with Crippen molar-refractivity contribution in [2.24, 2.45) is 5.90 Å². The predicted molar refractivity (Wildman–Crippen MR) is 51.8 cm³/mol. The molecule has 0 fully saturated rings. The van der Waals surface area contributed by atoms with E-state index in [-0.39, 0.29) is 42.0 Å². The van der Waals surface area contributed by atoms with Gasteiger partial charge < -0.3 is 15.7 Å². The van der Waals surface area contributed by atoms with Gasteiger partial charge in [-0.3, -0.25) is 0 Å². The van der Waals surface area contributed by atoms with E-state index in [1.54, 1.807) is 12.1 Å². The summed E-state index contributed by atoms with van der Waals surface area (Å²) in [4.78, 5) is 4.34. The normalized spacial score (nSPS) is 7.75. The van der Waals surface area contributed by atoms with Crippen LogP contribution in [0, 0.1) is 0 Å². The van der Waals surface area contributed by atoms with Crippen LogP contribution in [0.1, 0.15) is 0 Å². The monoisotopic (exact) mass is 212 g/mol. The molecule has 0 heterocycles. The Kier molecular flexibility index (Phi) is 6.60. The fourth-order valence-electron chi connectivity index (χ4n) is 0.635. The van der Waals surface area contributed by atoms with Gasteiger partial charge in [-0.15, -0.1) is 24.8 Å². The standard InChI is InChI=1S/C6H8N2O2.2ClH/c7-6-4(9)2-1-3-5(6)10-8;;/h1-3,9H,7-8H2;2*1H.